The Morgan fingerprint density at radius 1 is 1.32 bits per heavy atom. The van der Waals surface area contributed by atoms with E-state index in [1.165, 1.54) is 0 Å². The number of hydrogen-bond acceptors (Lipinski definition) is 3. The molecule has 0 aliphatic carbocycles. The number of benzene rings is 1. The van der Waals surface area contributed by atoms with Crippen molar-refractivity contribution in [2.24, 2.45) is 0 Å². The number of nitrogens with zero attached hydrogens (tertiary/aromatic N) is 1. The molecule has 0 fully saturated rings. The molecule has 0 unspecified atom stereocenters. The number of carbonyl (C=O) groups is 1. The quantitative estimate of drug-likeness (QED) is 0.768. The zero-order chi connectivity index (χ0) is 13.9. The van der Waals surface area contributed by atoms with Gasteiger partial charge >= 0.3 is 0 Å². The molecule has 0 saturated heterocycles. The fraction of sp³-hybridized carbons (Fsp3) is 0.375. The monoisotopic (exact) mass is 257 g/mol. The van der Waals surface area contributed by atoms with Crippen LogP contribution in [0.25, 0.3) is 10.9 Å². The number of Topliss-reactive ketones (excluding diaryl/α,β-unsaturated/α-hetero) is 1. The Kier molecular flexibility index (Phi) is 3.96. The molecule has 19 heavy (non-hydrogen) atoms. The van der Waals surface area contributed by atoms with E-state index < -0.39 is 0 Å². The number of ketones is 1. The molecule has 0 atom stereocenters. The van der Waals surface area contributed by atoms with Crippen LogP contribution in [0.1, 0.15) is 37.0 Å². The standard InChI is InChI=1S/C16H19NO2/c1-16(2,19-3)9-8-15(18)13-6-7-14-12(11-13)5-4-10-17-14/h4-7,10-11H,8-9H2,1-3H3. The topological polar surface area (TPSA) is 39.2 Å². The molecule has 2 rings (SSSR count). The number of ether oxygens (including phenoxy) is 1. The Labute approximate surface area is 113 Å². The third-order valence-corrected chi connectivity index (χ3v) is 3.43. The predicted octanol–water partition coefficient (Wildman–Crippen LogP) is 3.62. The van der Waals surface area contributed by atoms with Gasteiger partial charge in [-0.3, -0.25) is 9.78 Å². The van der Waals surface area contributed by atoms with Gasteiger partial charge in [0.1, 0.15) is 0 Å². The van der Waals surface area contributed by atoms with Crippen LogP contribution in [0.5, 0.6) is 0 Å². The van der Waals surface area contributed by atoms with Gasteiger partial charge in [0.05, 0.1) is 11.1 Å². The highest BCUT2D eigenvalue weighted by atomic mass is 16.5. The lowest BCUT2D eigenvalue weighted by Gasteiger charge is -2.22. The van der Waals surface area contributed by atoms with Gasteiger partial charge in [-0.15, -0.1) is 0 Å². The highest BCUT2D eigenvalue weighted by Gasteiger charge is 2.18. The summed E-state index contributed by atoms with van der Waals surface area (Å²) in [5.74, 6) is 0.149. The van der Waals surface area contributed by atoms with Gasteiger partial charge in [0.25, 0.3) is 0 Å². The smallest absolute Gasteiger partial charge is 0.163 e. The number of carbonyl (C=O) groups excluding carboxylic acids is 1. The van der Waals surface area contributed by atoms with Crippen molar-refractivity contribution in [1.29, 1.82) is 0 Å². The lowest BCUT2D eigenvalue weighted by atomic mass is 9.97. The Morgan fingerprint density at radius 3 is 2.84 bits per heavy atom. The first kappa shape index (κ1) is 13.7. The van der Waals surface area contributed by atoms with Gasteiger partial charge < -0.3 is 4.74 Å². The van der Waals surface area contributed by atoms with Crippen LogP contribution in [0.3, 0.4) is 0 Å². The molecule has 1 aromatic carbocycles. The molecule has 0 spiro atoms. The zero-order valence-electron chi connectivity index (χ0n) is 11.6. The second-order valence-electron chi connectivity index (χ2n) is 5.30. The summed E-state index contributed by atoms with van der Waals surface area (Å²) >= 11 is 0. The number of hydrogen-bond donors (Lipinski definition) is 0. The number of aromatic nitrogens is 1. The van der Waals surface area contributed by atoms with E-state index in [0.717, 1.165) is 16.5 Å². The van der Waals surface area contributed by atoms with Crippen molar-refractivity contribution in [2.75, 3.05) is 7.11 Å². The molecule has 0 bridgehead atoms. The predicted molar refractivity (Wildman–Crippen MR) is 76.4 cm³/mol. The average molecular weight is 257 g/mol. The summed E-state index contributed by atoms with van der Waals surface area (Å²) in [5.41, 5.74) is 1.40. The normalized spacial score (nSPS) is 11.7. The van der Waals surface area contributed by atoms with E-state index in [2.05, 4.69) is 4.98 Å². The lowest BCUT2D eigenvalue weighted by Crippen LogP contribution is -2.23. The number of rotatable bonds is 5. The molecule has 0 aliphatic heterocycles. The Bertz CT molecular complexity index is 590. The summed E-state index contributed by atoms with van der Waals surface area (Å²) in [6.45, 7) is 3.98. The van der Waals surface area contributed by atoms with E-state index in [-0.39, 0.29) is 11.4 Å². The van der Waals surface area contributed by atoms with Crippen LogP contribution in [0.2, 0.25) is 0 Å². The van der Waals surface area contributed by atoms with Gasteiger partial charge in [-0.1, -0.05) is 6.07 Å². The van der Waals surface area contributed by atoms with E-state index in [9.17, 15) is 4.79 Å². The highest BCUT2D eigenvalue weighted by Crippen LogP contribution is 2.19. The molecule has 3 nitrogen and oxygen atoms in total. The summed E-state index contributed by atoms with van der Waals surface area (Å²) in [6, 6.07) is 9.49. The molecule has 1 aromatic heterocycles. The number of fused-ring (bicyclic) bond motifs is 1. The third-order valence-electron chi connectivity index (χ3n) is 3.43. The van der Waals surface area contributed by atoms with Crippen LogP contribution >= 0.6 is 0 Å². The fourth-order valence-corrected chi connectivity index (χ4v) is 1.91. The molecule has 0 radical (unpaired) electrons. The maximum absolute atomic E-state index is 12.2. The van der Waals surface area contributed by atoms with Gasteiger partial charge in [-0.2, -0.15) is 0 Å². The van der Waals surface area contributed by atoms with Crippen LogP contribution < -0.4 is 0 Å². The van der Waals surface area contributed by atoms with Crippen molar-refractivity contribution in [1.82, 2.24) is 4.98 Å². The fourth-order valence-electron chi connectivity index (χ4n) is 1.91. The Hall–Kier alpha value is -1.74. The van der Waals surface area contributed by atoms with Crippen molar-refractivity contribution >= 4 is 16.7 Å². The van der Waals surface area contributed by atoms with Gasteiger partial charge in [-0.25, -0.2) is 0 Å². The maximum atomic E-state index is 12.2. The minimum Gasteiger partial charge on any atom is -0.379 e. The minimum absolute atomic E-state index is 0.149. The molecule has 0 amide bonds. The summed E-state index contributed by atoms with van der Waals surface area (Å²) in [4.78, 5) is 16.4. The largest absolute Gasteiger partial charge is 0.379 e. The van der Waals surface area contributed by atoms with E-state index >= 15 is 0 Å². The Morgan fingerprint density at radius 2 is 2.11 bits per heavy atom. The van der Waals surface area contributed by atoms with Gasteiger partial charge in [0.2, 0.25) is 0 Å². The van der Waals surface area contributed by atoms with Crippen LogP contribution in [0.4, 0.5) is 0 Å². The SMILES string of the molecule is COC(C)(C)CCC(=O)c1ccc2ncccc2c1. The van der Waals surface area contributed by atoms with E-state index in [1.807, 2.05) is 44.2 Å². The molecule has 0 saturated carbocycles. The van der Waals surface area contributed by atoms with Crippen LogP contribution in [-0.2, 0) is 4.74 Å². The molecule has 100 valence electrons. The second kappa shape index (κ2) is 5.49. The van der Waals surface area contributed by atoms with Gasteiger partial charge in [-0.05, 0) is 44.5 Å². The average Bonchev–Trinajstić information content (AvgIpc) is 2.44. The molecule has 0 aliphatic rings. The number of methoxy groups -OCH3 is 1. The van der Waals surface area contributed by atoms with E-state index in [0.29, 0.717) is 12.8 Å². The van der Waals surface area contributed by atoms with Crippen LogP contribution in [-0.4, -0.2) is 23.5 Å². The summed E-state index contributed by atoms with van der Waals surface area (Å²) < 4.78 is 5.33. The van der Waals surface area contributed by atoms with Crippen molar-refractivity contribution < 1.29 is 9.53 Å². The summed E-state index contributed by atoms with van der Waals surface area (Å²) in [7, 11) is 1.67. The first-order valence-electron chi connectivity index (χ1n) is 6.45. The minimum atomic E-state index is -0.256. The van der Waals surface area contributed by atoms with Crippen molar-refractivity contribution in [2.45, 2.75) is 32.3 Å². The molecule has 1 heterocycles. The molecule has 0 N–H and O–H groups in total. The third kappa shape index (κ3) is 3.38. The van der Waals surface area contributed by atoms with Crippen LogP contribution in [0.15, 0.2) is 36.5 Å². The molecular formula is C16H19NO2. The first-order valence-corrected chi connectivity index (χ1v) is 6.45. The maximum Gasteiger partial charge on any atom is 0.163 e. The molecule has 3 heteroatoms. The Balaban J connectivity index is 2.13. The molecular weight excluding hydrogens is 238 g/mol. The highest BCUT2D eigenvalue weighted by molar-refractivity contribution is 5.99. The van der Waals surface area contributed by atoms with Crippen molar-refractivity contribution in [3.05, 3.63) is 42.1 Å². The van der Waals surface area contributed by atoms with Gasteiger partial charge in [0.15, 0.2) is 5.78 Å². The molecule has 2 aromatic rings. The lowest BCUT2D eigenvalue weighted by molar-refractivity contribution is 0.0141. The summed E-state index contributed by atoms with van der Waals surface area (Å²) in [6.07, 6.45) is 2.96. The van der Waals surface area contributed by atoms with Crippen molar-refractivity contribution in [3.63, 3.8) is 0 Å². The van der Waals surface area contributed by atoms with Crippen molar-refractivity contribution in [3.8, 4) is 0 Å². The van der Waals surface area contributed by atoms with Crippen LogP contribution in [0, 0.1) is 0 Å². The van der Waals surface area contributed by atoms with E-state index in [4.69, 9.17) is 4.74 Å². The number of pyridine rings is 1. The first-order chi connectivity index (χ1) is 9.02. The zero-order valence-corrected chi connectivity index (χ0v) is 11.6. The second-order valence-corrected chi connectivity index (χ2v) is 5.30. The van der Waals surface area contributed by atoms with Gasteiger partial charge in [0, 0.05) is 30.7 Å². The summed E-state index contributed by atoms with van der Waals surface area (Å²) in [5, 5.41) is 0.999. The van der Waals surface area contributed by atoms with E-state index in [1.54, 1.807) is 13.3 Å².